The Balaban J connectivity index is 3.34. The molecule has 0 aliphatic rings. The molecule has 1 rings (SSSR count). The molecule has 0 saturated heterocycles. The van der Waals surface area contributed by atoms with Crippen LogP contribution in [0.4, 0.5) is 11.4 Å². The summed E-state index contributed by atoms with van der Waals surface area (Å²) >= 11 is 0. The lowest BCUT2D eigenvalue weighted by molar-refractivity contribution is -0.386. The molecule has 0 heterocycles. The number of anilines is 1. The lowest BCUT2D eigenvalue weighted by Gasteiger charge is -2.10. The fraction of sp³-hybridized carbons (Fsp3) is 0.455. The minimum Gasteiger partial charge on any atom is -0.380 e. The van der Waals surface area contributed by atoms with Crippen LogP contribution in [-0.2, 0) is 10.0 Å². The quantitative estimate of drug-likeness (QED) is 0.587. The first-order valence-electron chi connectivity index (χ1n) is 5.95. The van der Waals surface area contributed by atoms with Crippen LogP contribution in [0.3, 0.4) is 0 Å². The number of nitrogens with zero attached hydrogens (tertiary/aromatic N) is 1. The molecule has 0 amide bonds. The number of nitro groups is 1. The van der Waals surface area contributed by atoms with Crippen LogP contribution >= 0.6 is 0 Å². The van der Waals surface area contributed by atoms with Gasteiger partial charge in [-0.15, -0.1) is 0 Å². The largest absolute Gasteiger partial charge is 0.380 e. The predicted molar refractivity (Wildman–Crippen MR) is 72.7 cm³/mol. The highest BCUT2D eigenvalue weighted by Crippen LogP contribution is 2.31. The molecule has 19 heavy (non-hydrogen) atoms. The Kier molecular flexibility index (Phi) is 5.25. The first kappa shape index (κ1) is 15.4. The summed E-state index contributed by atoms with van der Waals surface area (Å²) in [6, 6.07) is 4.20. The summed E-state index contributed by atoms with van der Waals surface area (Å²) in [5, 5.41) is 13.9. The number of benzene rings is 1. The molecule has 0 unspecified atom stereocenters. The minimum atomic E-state index is -3.87. The Labute approximate surface area is 112 Å². The van der Waals surface area contributed by atoms with Gasteiger partial charge in [0, 0.05) is 13.1 Å². The maximum atomic E-state index is 12.0. The summed E-state index contributed by atoms with van der Waals surface area (Å²) in [5.41, 5.74) is -0.222. The highest BCUT2D eigenvalue weighted by molar-refractivity contribution is 7.89. The normalized spacial score (nSPS) is 11.3. The van der Waals surface area contributed by atoms with Crippen molar-refractivity contribution in [2.24, 2.45) is 0 Å². The molecule has 1 aromatic carbocycles. The van der Waals surface area contributed by atoms with Gasteiger partial charge in [-0.05, 0) is 25.5 Å². The number of rotatable bonds is 7. The molecule has 0 radical (unpaired) electrons. The first-order valence-corrected chi connectivity index (χ1v) is 7.43. The zero-order valence-corrected chi connectivity index (χ0v) is 11.7. The Morgan fingerprint density at radius 1 is 1.32 bits per heavy atom. The molecule has 2 N–H and O–H groups in total. The lowest BCUT2D eigenvalue weighted by atomic mass is 10.2. The van der Waals surface area contributed by atoms with E-state index in [0.717, 1.165) is 0 Å². The summed E-state index contributed by atoms with van der Waals surface area (Å²) < 4.78 is 26.4. The summed E-state index contributed by atoms with van der Waals surface area (Å²) in [4.78, 5) is 10.1. The Bertz CT molecular complexity index is 557. The van der Waals surface area contributed by atoms with Crippen molar-refractivity contribution in [3.05, 3.63) is 28.3 Å². The Morgan fingerprint density at radius 2 is 2.00 bits per heavy atom. The van der Waals surface area contributed by atoms with E-state index in [0.29, 0.717) is 13.0 Å². The maximum absolute atomic E-state index is 12.0. The van der Waals surface area contributed by atoms with Crippen LogP contribution in [0.25, 0.3) is 0 Å². The van der Waals surface area contributed by atoms with Gasteiger partial charge in [0.1, 0.15) is 5.69 Å². The van der Waals surface area contributed by atoms with Gasteiger partial charge in [-0.25, -0.2) is 13.1 Å². The number of para-hydroxylation sites is 1. The Morgan fingerprint density at radius 3 is 2.53 bits per heavy atom. The third-order valence-corrected chi connectivity index (χ3v) is 3.87. The number of hydrogen-bond donors (Lipinski definition) is 2. The van der Waals surface area contributed by atoms with E-state index in [9.17, 15) is 18.5 Å². The van der Waals surface area contributed by atoms with Gasteiger partial charge in [-0.3, -0.25) is 10.1 Å². The molecule has 0 aliphatic carbocycles. The topological polar surface area (TPSA) is 101 Å². The molecule has 0 aliphatic heterocycles. The second kappa shape index (κ2) is 6.48. The SMILES string of the molecule is CCCNS(=O)(=O)c1cccc(NCC)c1[N+](=O)[O-]. The van der Waals surface area contributed by atoms with E-state index in [1.165, 1.54) is 18.2 Å². The molecular weight excluding hydrogens is 270 g/mol. The molecule has 1 aromatic rings. The van der Waals surface area contributed by atoms with Crippen LogP contribution in [-0.4, -0.2) is 26.4 Å². The van der Waals surface area contributed by atoms with E-state index < -0.39 is 20.6 Å². The number of sulfonamides is 1. The molecule has 0 atom stereocenters. The van der Waals surface area contributed by atoms with E-state index in [4.69, 9.17) is 0 Å². The molecular formula is C11H17N3O4S. The van der Waals surface area contributed by atoms with Crippen molar-refractivity contribution in [1.29, 1.82) is 0 Å². The number of hydrogen-bond acceptors (Lipinski definition) is 5. The third kappa shape index (κ3) is 3.65. The zero-order valence-electron chi connectivity index (χ0n) is 10.8. The van der Waals surface area contributed by atoms with E-state index in [1.807, 2.05) is 6.92 Å². The van der Waals surface area contributed by atoms with Gasteiger partial charge >= 0.3 is 5.69 Å². The van der Waals surface area contributed by atoms with Gasteiger partial charge in [0.25, 0.3) is 0 Å². The highest BCUT2D eigenvalue weighted by Gasteiger charge is 2.28. The van der Waals surface area contributed by atoms with Crippen LogP contribution in [0.5, 0.6) is 0 Å². The van der Waals surface area contributed by atoms with Gasteiger partial charge < -0.3 is 5.32 Å². The van der Waals surface area contributed by atoms with Crippen molar-refractivity contribution in [2.45, 2.75) is 25.2 Å². The fourth-order valence-corrected chi connectivity index (χ4v) is 2.90. The van der Waals surface area contributed by atoms with Crippen molar-refractivity contribution < 1.29 is 13.3 Å². The van der Waals surface area contributed by atoms with E-state index >= 15 is 0 Å². The summed E-state index contributed by atoms with van der Waals surface area (Å²) in [6.07, 6.45) is 0.611. The molecule has 0 fully saturated rings. The smallest absolute Gasteiger partial charge is 0.312 e. The van der Waals surface area contributed by atoms with Crippen molar-refractivity contribution in [2.75, 3.05) is 18.4 Å². The first-order chi connectivity index (χ1) is 8.94. The molecule has 0 spiro atoms. The van der Waals surface area contributed by atoms with Crippen molar-refractivity contribution in [3.8, 4) is 0 Å². The predicted octanol–water partition coefficient (Wildman–Crippen LogP) is 1.71. The van der Waals surface area contributed by atoms with Crippen LogP contribution < -0.4 is 10.0 Å². The zero-order chi connectivity index (χ0) is 14.5. The minimum absolute atomic E-state index is 0.201. The average molecular weight is 287 g/mol. The summed E-state index contributed by atoms with van der Waals surface area (Å²) in [5.74, 6) is 0. The monoisotopic (exact) mass is 287 g/mol. The van der Waals surface area contributed by atoms with Gasteiger partial charge in [-0.2, -0.15) is 0 Å². The summed E-state index contributed by atoms with van der Waals surface area (Å²) in [7, 11) is -3.87. The van der Waals surface area contributed by atoms with E-state index in [2.05, 4.69) is 10.0 Å². The van der Waals surface area contributed by atoms with Crippen LogP contribution in [0.1, 0.15) is 20.3 Å². The summed E-state index contributed by atoms with van der Waals surface area (Å²) in [6.45, 7) is 4.30. The number of nitro benzene ring substituents is 1. The Hall–Kier alpha value is -1.67. The second-order valence-electron chi connectivity index (χ2n) is 3.84. The third-order valence-electron chi connectivity index (χ3n) is 2.38. The van der Waals surface area contributed by atoms with Crippen LogP contribution in [0.15, 0.2) is 23.1 Å². The van der Waals surface area contributed by atoms with Crippen LogP contribution in [0, 0.1) is 10.1 Å². The van der Waals surface area contributed by atoms with Gasteiger partial charge in [0.15, 0.2) is 4.90 Å². The van der Waals surface area contributed by atoms with Crippen LogP contribution in [0.2, 0.25) is 0 Å². The van der Waals surface area contributed by atoms with Gasteiger partial charge in [0.05, 0.1) is 4.92 Å². The van der Waals surface area contributed by atoms with Crippen molar-refractivity contribution in [1.82, 2.24) is 4.72 Å². The maximum Gasteiger partial charge on any atom is 0.312 e. The molecule has 106 valence electrons. The van der Waals surface area contributed by atoms with Gasteiger partial charge in [-0.1, -0.05) is 13.0 Å². The lowest BCUT2D eigenvalue weighted by Crippen LogP contribution is -2.25. The highest BCUT2D eigenvalue weighted by atomic mass is 32.2. The van der Waals surface area contributed by atoms with Crippen molar-refractivity contribution >= 4 is 21.4 Å². The molecule has 8 heteroatoms. The fourth-order valence-electron chi connectivity index (χ4n) is 1.57. The van der Waals surface area contributed by atoms with E-state index in [1.54, 1.807) is 6.92 Å². The van der Waals surface area contributed by atoms with E-state index in [-0.39, 0.29) is 17.1 Å². The van der Waals surface area contributed by atoms with Gasteiger partial charge in [0.2, 0.25) is 10.0 Å². The molecule has 0 bridgehead atoms. The van der Waals surface area contributed by atoms with Crippen molar-refractivity contribution in [3.63, 3.8) is 0 Å². The number of nitrogens with one attached hydrogen (secondary N) is 2. The second-order valence-corrected chi connectivity index (χ2v) is 5.57. The molecule has 0 aromatic heterocycles. The standard InChI is InChI=1S/C11H17N3O4S/c1-3-8-13-19(17,18)10-7-5-6-9(12-4-2)11(10)14(15)16/h5-7,12-13H,3-4,8H2,1-2H3. The molecule has 7 nitrogen and oxygen atoms in total. The molecule has 0 saturated carbocycles. The average Bonchev–Trinajstić information content (AvgIpc) is 2.36.